The lowest BCUT2D eigenvalue weighted by atomic mass is 10.0. The van der Waals surface area contributed by atoms with Crippen molar-refractivity contribution in [1.82, 2.24) is 9.80 Å². The summed E-state index contributed by atoms with van der Waals surface area (Å²) in [5.74, 6) is 0. The lowest BCUT2D eigenvalue weighted by molar-refractivity contribution is 0.246. The van der Waals surface area contributed by atoms with Crippen molar-refractivity contribution in [3.05, 3.63) is 0 Å². The van der Waals surface area contributed by atoms with Crippen LogP contribution in [0.2, 0.25) is 0 Å². The molecule has 0 bridgehead atoms. The lowest BCUT2D eigenvalue weighted by Crippen LogP contribution is -2.32. The first-order valence-corrected chi connectivity index (χ1v) is 11.1. The molecule has 0 unspecified atom stereocenters. The second-order valence-electron chi connectivity index (χ2n) is 7.83. The smallest absolute Gasteiger partial charge is 0.0109 e. The molecule has 0 amide bonds. The molecule has 0 aromatic heterocycles. The van der Waals surface area contributed by atoms with E-state index in [1.807, 2.05) is 0 Å². The summed E-state index contributed by atoms with van der Waals surface area (Å²) in [6.45, 7) is 9.49. The predicted molar refractivity (Wildman–Crippen MR) is 111 cm³/mol. The molecule has 0 N–H and O–H groups in total. The SMILES string of the molecule is CCCCCCCCCCCCCCCCN(CC)CCN(C)C. The summed E-state index contributed by atoms with van der Waals surface area (Å²) in [5, 5.41) is 0. The quantitative estimate of drug-likeness (QED) is 0.253. The van der Waals surface area contributed by atoms with E-state index in [9.17, 15) is 0 Å². The summed E-state index contributed by atoms with van der Waals surface area (Å²) in [6, 6.07) is 0. The topological polar surface area (TPSA) is 6.48 Å². The highest BCUT2D eigenvalue weighted by atomic mass is 15.2. The normalized spacial score (nSPS) is 11.8. The first kappa shape index (κ1) is 23.9. The van der Waals surface area contributed by atoms with Crippen molar-refractivity contribution in [2.24, 2.45) is 0 Å². The zero-order valence-corrected chi connectivity index (χ0v) is 17.6. The standard InChI is InChI=1S/C22H48N2/c1-5-7-8-9-10-11-12-13-14-15-16-17-18-19-20-24(6-2)22-21-23(3)4/h5-22H2,1-4H3. The average molecular weight is 341 g/mol. The van der Waals surface area contributed by atoms with Crippen molar-refractivity contribution < 1.29 is 0 Å². The van der Waals surface area contributed by atoms with E-state index < -0.39 is 0 Å². The fourth-order valence-corrected chi connectivity index (χ4v) is 3.30. The number of unbranched alkanes of at least 4 members (excludes halogenated alkanes) is 13. The summed E-state index contributed by atoms with van der Waals surface area (Å²) in [5.41, 5.74) is 0. The Labute approximate surface area is 154 Å². The summed E-state index contributed by atoms with van der Waals surface area (Å²) < 4.78 is 0. The number of hydrogen-bond donors (Lipinski definition) is 0. The first-order valence-electron chi connectivity index (χ1n) is 11.1. The van der Waals surface area contributed by atoms with Crippen molar-refractivity contribution in [2.45, 2.75) is 104 Å². The van der Waals surface area contributed by atoms with E-state index in [1.165, 1.54) is 116 Å². The minimum Gasteiger partial charge on any atom is -0.308 e. The largest absolute Gasteiger partial charge is 0.308 e. The third-order valence-electron chi connectivity index (χ3n) is 5.14. The molecule has 0 aromatic rings. The molecule has 0 rings (SSSR count). The maximum absolute atomic E-state index is 2.60. The molecule has 0 aliphatic heterocycles. The highest BCUT2D eigenvalue weighted by Gasteiger charge is 2.02. The van der Waals surface area contributed by atoms with Crippen LogP contribution in [0.15, 0.2) is 0 Å². The number of hydrogen-bond acceptors (Lipinski definition) is 2. The molecule has 0 saturated carbocycles. The van der Waals surface area contributed by atoms with Gasteiger partial charge < -0.3 is 9.80 Å². The molecule has 0 fully saturated rings. The molecule has 0 aromatic carbocycles. The van der Waals surface area contributed by atoms with Gasteiger partial charge in [0.2, 0.25) is 0 Å². The highest BCUT2D eigenvalue weighted by Crippen LogP contribution is 2.13. The van der Waals surface area contributed by atoms with Crippen LogP contribution in [0.25, 0.3) is 0 Å². The van der Waals surface area contributed by atoms with Gasteiger partial charge in [-0.3, -0.25) is 0 Å². The van der Waals surface area contributed by atoms with Crippen LogP contribution < -0.4 is 0 Å². The Morgan fingerprint density at radius 3 is 1.25 bits per heavy atom. The van der Waals surface area contributed by atoms with Gasteiger partial charge in [0.15, 0.2) is 0 Å². The molecule has 24 heavy (non-hydrogen) atoms. The van der Waals surface area contributed by atoms with E-state index in [4.69, 9.17) is 0 Å². The Hall–Kier alpha value is -0.0800. The van der Waals surface area contributed by atoms with Crippen LogP contribution in [0.4, 0.5) is 0 Å². The van der Waals surface area contributed by atoms with Gasteiger partial charge in [-0.1, -0.05) is 97.3 Å². The Bertz CT molecular complexity index is 228. The molecule has 2 nitrogen and oxygen atoms in total. The monoisotopic (exact) mass is 340 g/mol. The Kier molecular flexibility index (Phi) is 19.2. The van der Waals surface area contributed by atoms with Gasteiger partial charge >= 0.3 is 0 Å². The van der Waals surface area contributed by atoms with E-state index in [2.05, 4.69) is 37.7 Å². The number of likely N-dealkylation sites (N-methyl/N-ethyl adjacent to an activating group) is 2. The predicted octanol–water partition coefficient (Wildman–Crippen LogP) is 6.35. The van der Waals surface area contributed by atoms with Crippen molar-refractivity contribution in [1.29, 1.82) is 0 Å². The molecule has 146 valence electrons. The number of nitrogens with zero attached hydrogens (tertiary/aromatic N) is 2. The van der Waals surface area contributed by atoms with Crippen LogP contribution in [-0.2, 0) is 0 Å². The minimum atomic E-state index is 1.19. The lowest BCUT2D eigenvalue weighted by Gasteiger charge is -2.22. The highest BCUT2D eigenvalue weighted by molar-refractivity contribution is 4.58. The fraction of sp³-hybridized carbons (Fsp3) is 1.00. The average Bonchev–Trinajstić information content (AvgIpc) is 2.57. The van der Waals surface area contributed by atoms with Gasteiger partial charge in [0.25, 0.3) is 0 Å². The van der Waals surface area contributed by atoms with Crippen LogP contribution in [0, 0.1) is 0 Å². The van der Waals surface area contributed by atoms with E-state index in [-0.39, 0.29) is 0 Å². The first-order chi connectivity index (χ1) is 11.7. The van der Waals surface area contributed by atoms with Gasteiger partial charge in [0.1, 0.15) is 0 Å². The van der Waals surface area contributed by atoms with Crippen LogP contribution in [0.3, 0.4) is 0 Å². The third-order valence-corrected chi connectivity index (χ3v) is 5.14. The van der Waals surface area contributed by atoms with Gasteiger partial charge in [-0.2, -0.15) is 0 Å². The van der Waals surface area contributed by atoms with Crippen molar-refractivity contribution in [3.8, 4) is 0 Å². The number of rotatable bonds is 19. The van der Waals surface area contributed by atoms with Crippen LogP contribution in [-0.4, -0.2) is 50.1 Å². The van der Waals surface area contributed by atoms with Crippen molar-refractivity contribution >= 4 is 0 Å². The van der Waals surface area contributed by atoms with Gasteiger partial charge in [-0.25, -0.2) is 0 Å². The molecule has 2 heteroatoms. The molecule has 0 radical (unpaired) electrons. The molecule has 0 spiro atoms. The second-order valence-corrected chi connectivity index (χ2v) is 7.83. The Balaban J connectivity index is 3.19. The van der Waals surface area contributed by atoms with E-state index in [0.29, 0.717) is 0 Å². The molecule has 0 saturated heterocycles. The van der Waals surface area contributed by atoms with Crippen molar-refractivity contribution in [2.75, 3.05) is 40.3 Å². The molecule has 0 atom stereocenters. The van der Waals surface area contributed by atoms with E-state index in [0.717, 1.165) is 0 Å². The maximum atomic E-state index is 2.60. The summed E-state index contributed by atoms with van der Waals surface area (Å²) in [7, 11) is 4.33. The summed E-state index contributed by atoms with van der Waals surface area (Å²) in [6.07, 6.45) is 20.3. The van der Waals surface area contributed by atoms with Crippen LogP contribution >= 0.6 is 0 Å². The van der Waals surface area contributed by atoms with E-state index >= 15 is 0 Å². The molecule has 0 heterocycles. The van der Waals surface area contributed by atoms with Gasteiger partial charge in [0.05, 0.1) is 0 Å². The fourth-order valence-electron chi connectivity index (χ4n) is 3.30. The van der Waals surface area contributed by atoms with Crippen LogP contribution in [0.1, 0.15) is 104 Å². The van der Waals surface area contributed by atoms with E-state index in [1.54, 1.807) is 0 Å². The minimum absolute atomic E-state index is 1.19. The Morgan fingerprint density at radius 1 is 0.458 bits per heavy atom. The third kappa shape index (κ3) is 18.3. The summed E-state index contributed by atoms with van der Waals surface area (Å²) in [4.78, 5) is 4.88. The Morgan fingerprint density at radius 2 is 0.875 bits per heavy atom. The van der Waals surface area contributed by atoms with Gasteiger partial charge in [-0.05, 0) is 33.6 Å². The molecular formula is C22H48N2. The van der Waals surface area contributed by atoms with Gasteiger partial charge in [-0.15, -0.1) is 0 Å². The second kappa shape index (κ2) is 19.2. The maximum Gasteiger partial charge on any atom is 0.0109 e. The zero-order valence-electron chi connectivity index (χ0n) is 17.6. The van der Waals surface area contributed by atoms with Gasteiger partial charge in [0, 0.05) is 13.1 Å². The summed E-state index contributed by atoms with van der Waals surface area (Å²) >= 11 is 0. The zero-order chi connectivity index (χ0) is 17.9. The van der Waals surface area contributed by atoms with Crippen molar-refractivity contribution in [3.63, 3.8) is 0 Å². The molecular weight excluding hydrogens is 292 g/mol. The molecule has 0 aliphatic rings. The van der Waals surface area contributed by atoms with Crippen LogP contribution in [0.5, 0.6) is 0 Å². The molecule has 0 aliphatic carbocycles.